The number of fused-ring (bicyclic) bond motifs is 2. The van der Waals surface area contributed by atoms with Crippen molar-refractivity contribution in [2.24, 2.45) is 0 Å². The van der Waals surface area contributed by atoms with Gasteiger partial charge in [0.1, 0.15) is 11.8 Å². The van der Waals surface area contributed by atoms with Crippen molar-refractivity contribution in [1.82, 2.24) is 29.2 Å². The Morgan fingerprint density at radius 1 is 0.941 bits per heavy atom. The summed E-state index contributed by atoms with van der Waals surface area (Å²) in [6, 6.07) is 23.7. The van der Waals surface area contributed by atoms with E-state index < -0.39 is 12.1 Å². The molecule has 0 bridgehead atoms. The number of benzene rings is 3. The van der Waals surface area contributed by atoms with Gasteiger partial charge >= 0.3 is 6.09 Å². The molecule has 7 rings (SSSR count). The minimum Gasteiger partial charge on any atom is -0.410 e. The summed E-state index contributed by atoms with van der Waals surface area (Å²) in [5, 5.41) is 1.22. The first kappa shape index (κ1) is 35.2. The van der Waals surface area contributed by atoms with Crippen LogP contribution in [-0.2, 0) is 30.7 Å². The molecule has 1 aliphatic heterocycles. The van der Waals surface area contributed by atoms with Crippen molar-refractivity contribution in [3.05, 3.63) is 146 Å². The van der Waals surface area contributed by atoms with Crippen molar-refractivity contribution in [1.29, 1.82) is 0 Å². The Morgan fingerprint density at radius 3 is 2.51 bits per heavy atom. The maximum Gasteiger partial charge on any atom is 0.416 e. The first-order valence-electron chi connectivity index (χ1n) is 17.0. The zero-order valence-electron chi connectivity index (χ0n) is 27.9. The number of piperazine rings is 1. The topological polar surface area (TPSA) is 83.8 Å². The summed E-state index contributed by atoms with van der Waals surface area (Å²) < 4.78 is 8.77. The van der Waals surface area contributed by atoms with E-state index >= 15 is 0 Å². The van der Waals surface area contributed by atoms with Crippen molar-refractivity contribution in [3.63, 3.8) is 0 Å². The van der Waals surface area contributed by atoms with E-state index in [1.54, 1.807) is 41.7 Å². The van der Waals surface area contributed by atoms with Gasteiger partial charge in [0.05, 0.1) is 18.1 Å². The summed E-state index contributed by atoms with van der Waals surface area (Å²) in [4.78, 5) is 43.8. The Kier molecular flexibility index (Phi) is 11.0. The van der Waals surface area contributed by atoms with Crippen LogP contribution in [0.15, 0.2) is 108 Å². The maximum atomic E-state index is 15.0. The van der Waals surface area contributed by atoms with Crippen LogP contribution in [0.4, 0.5) is 4.79 Å². The maximum absolute atomic E-state index is 15.0. The molecule has 0 unspecified atom stereocenters. The number of halogens is 3. The van der Waals surface area contributed by atoms with Crippen molar-refractivity contribution in [2.75, 3.05) is 26.2 Å². The normalized spacial score (nSPS) is 17.3. The molecule has 1 saturated heterocycles. The number of aromatic nitrogens is 3. The Balaban J connectivity index is 1.24. The van der Waals surface area contributed by atoms with Gasteiger partial charge in [-0.3, -0.25) is 19.6 Å². The number of hydrogen-bond acceptors (Lipinski definition) is 6. The molecule has 0 saturated carbocycles. The highest BCUT2D eigenvalue weighted by molar-refractivity contribution is 9.10. The number of imidazole rings is 1. The number of ether oxygens (including phenoxy) is 1. The number of pyridine rings is 1. The summed E-state index contributed by atoms with van der Waals surface area (Å²) in [5.41, 5.74) is 5.36. The van der Waals surface area contributed by atoms with Crippen molar-refractivity contribution >= 4 is 51.1 Å². The van der Waals surface area contributed by atoms with Crippen LogP contribution in [-0.4, -0.2) is 73.5 Å². The predicted octanol–water partition coefficient (Wildman–Crippen LogP) is 7.84. The molecule has 3 aromatic carbocycles. The van der Waals surface area contributed by atoms with Crippen LogP contribution >= 0.6 is 39.1 Å². The van der Waals surface area contributed by atoms with Crippen LogP contribution < -0.4 is 4.74 Å². The second-order valence-corrected chi connectivity index (χ2v) is 14.7. The smallest absolute Gasteiger partial charge is 0.410 e. The number of nitrogens with zero attached hydrogens (tertiary/aromatic N) is 6. The molecule has 12 heteroatoms. The van der Waals surface area contributed by atoms with Gasteiger partial charge in [-0.2, -0.15) is 0 Å². The van der Waals surface area contributed by atoms with E-state index in [1.807, 2.05) is 64.3 Å². The Labute approximate surface area is 315 Å². The molecule has 2 aromatic heterocycles. The Hall–Kier alpha value is -4.22. The lowest BCUT2D eigenvalue weighted by Gasteiger charge is -2.44. The van der Waals surface area contributed by atoms with Crippen LogP contribution in [0.25, 0.3) is 0 Å². The molecule has 262 valence electrons. The lowest BCUT2D eigenvalue weighted by atomic mass is 9.95. The van der Waals surface area contributed by atoms with Gasteiger partial charge in [-0.1, -0.05) is 59.6 Å². The van der Waals surface area contributed by atoms with E-state index in [2.05, 4.69) is 37.9 Å². The highest BCUT2D eigenvalue weighted by Crippen LogP contribution is 2.39. The van der Waals surface area contributed by atoms with Crippen LogP contribution in [0.1, 0.15) is 40.4 Å². The minimum atomic E-state index is -0.826. The Morgan fingerprint density at radius 2 is 1.73 bits per heavy atom. The third-order valence-corrected chi connectivity index (χ3v) is 10.5. The zero-order valence-corrected chi connectivity index (χ0v) is 31.0. The standard InChI is InChI=1S/C39H37BrCl2N6O3/c40-30-21-29-8-7-28-22-32(42)11-14-34(28)37(36(29)44-23-30)46-19-20-48(39(50)51-33-12-9-31(41)10-13-33)35(25-46)38(49)47(24-27-5-2-1-3-6-27)17-4-16-45-18-15-43-26-45/h1-3,5-6,9-15,18,21-23,26,35,37H,4,7-8,16-17,19-20,24-25H2/t35-,37+/m1/s1. The van der Waals surface area contributed by atoms with E-state index in [4.69, 9.17) is 32.9 Å². The van der Waals surface area contributed by atoms with Gasteiger partial charge in [0.25, 0.3) is 0 Å². The fourth-order valence-electron chi connectivity index (χ4n) is 7.06. The second-order valence-electron chi connectivity index (χ2n) is 12.9. The average Bonchev–Trinajstić information content (AvgIpc) is 3.61. The molecule has 3 heterocycles. The van der Waals surface area contributed by atoms with Gasteiger partial charge in [-0.15, -0.1) is 0 Å². The molecule has 2 atom stereocenters. The number of hydrogen-bond donors (Lipinski definition) is 0. The van der Waals surface area contributed by atoms with Crippen LogP contribution in [0.2, 0.25) is 10.0 Å². The number of rotatable bonds is 9. The molecule has 1 aliphatic carbocycles. The fourth-order valence-corrected chi connectivity index (χ4v) is 7.76. The van der Waals surface area contributed by atoms with Gasteiger partial charge < -0.3 is 14.2 Å². The molecule has 2 aliphatic rings. The van der Waals surface area contributed by atoms with Gasteiger partial charge in [0.15, 0.2) is 0 Å². The predicted molar refractivity (Wildman–Crippen MR) is 201 cm³/mol. The fraction of sp³-hybridized carbons (Fsp3) is 0.282. The van der Waals surface area contributed by atoms with E-state index in [-0.39, 0.29) is 25.0 Å². The molecule has 2 amide bonds. The van der Waals surface area contributed by atoms with Gasteiger partial charge in [-0.05, 0) is 99.9 Å². The first-order chi connectivity index (χ1) is 24.8. The molecule has 0 radical (unpaired) electrons. The monoisotopic (exact) mass is 786 g/mol. The van der Waals surface area contributed by atoms with E-state index in [0.717, 1.165) is 45.3 Å². The van der Waals surface area contributed by atoms with Gasteiger partial charge in [0.2, 0.25) is 5.91 Å². The minimum absolute atomic E-state index is 0.142. The van der Waals surface area contributed by atoms with E-state index in [1.165, 1.54) is 0 Å². The summed E-state index contributed by atoms with van der Waals surface area (Å²) in [6.45, 7) is 2.67. The molecule has 0 spiro atoms. The largest absolute Gasteiger partial charge is 0.416 e. The summed E-state index contributed by atoms with van der Waals surface area (Å²) in [6.07, 6.45) is 9.03. The second kappa shape index (κ2) is 16.0. The lowest BCUT2D eigenvalue weighted by Crippen LogP contribution is -2.62. The number of carbonyl (C=O) groups is 2. The summed E-state index contributed by atoms with van der Waals surface area (Å²) in [7, 11) is 0. The number of amides is 2. The zero-order chi connectivity index (χ0) is 35.3. The first-order valence-corrected chi connectivity index (χ1v) is 18.6. The number of aryl methyl sites for hydroxylation is 3. The SMILES string of the molecule is O=C([C@H]1CN([C@H]2c3ccc(Cl)cc3CCc3cc(Br)cnc32)CCN1C(=O)Oc1ccc(Cl)cc1)N(CCCn1ccnc1)Cc1ccccc1. The van der Waals surface area contributed by atoms with Gasteiger partial charge in [-0.25, -0.2) is 9.78 Å². The lowest BCUT2D eigenvalue weighted by molar-refractivity contribution is -0.139. The third kappa shape index (κ3) is 8.31. The molecular formula is C39H37BrCl2N6O3. The van der Waals surface area contributed by atoms with Gasteiger partial charge in [0, 0.05) is 72.4 Å². The summed E-state index contributed by atoms with van der Waals surface area (Å²) >= 11 is 16.2. The molecule has 0 N–H and O–H groups in total. The van der Waals surface area contributed by atoms with Crippen LogP contribution in [0.3, 0.4) is 0 Å². The van der Waals surface area contributed by atoms with Crippen LogP contribution in [0.5, 0.6) is 5.75 Å². The molecule has 9 nitrogen and oxygen atoms in total. The molecule has 1 fully saturated rings. The molecule has 51 heavy (non-hydrogen) atoms. The number of carbonyl (C=O) groups excluding carboxylic acids is 2. The molecular weight excluding hydrogens is 751 g/mol. The van der Waals surface area contributed by atoms with E-state index in [9.17, 15) is 9.59 Å². The Bertz CT molecular complexity index is 1930. The highest BCUT2D eigenvalue weighted by Gasteiger charge is 2.42. The third-order valence-electron chi connectivity index (χ3n) is 9.54. The summed E-state index contributed by atoms with van der Waals surface area (Å²) in [5.74, 6) is 0.217. The highest BCUT2D eigenvalue weighted by atomic mass is 79.9. The van der Waals surface area contributed by atoms with Crippen molar-refractivity contribution in [2.45, 2.75) is 44.4 Å². The quantitative estimate of drug-likeness (QED) is 0.152. The average molecular weight is 789 g/mol. The molecule has 5 aromatic rings. The van der Waals surface area contributed by atoms with Crippen molar-refractivity contribution in [3.8, 4) is 5.75 Å². The van der Waals surface area contributed by atoms with Crippen molar-refractivity contribution < 1.29 is 14.3 Å². The van der Waals surface area contributed by atoms with Crippen LogP contribution in [0, 0.1) is 0 Å². The van der Waals surface area contributed by atoms with E-state index in [0.29, 0.717) is 48.4 Å².